The van der Waals surface area contributed by atoms with Gasteiger partial charge in [-0.1, -0.05) is 33.1 Å². The summed E-state index contributed by atoms with van der Waals surface area (Å²) in [7, 11) is 1.00. The molecule has 0 bridgehead atoms. The zero-order valence-electron chi connectivity index (χ0n) is 19.5. The van der Waals surface area contributed by atoms with Crippen molar-refractivity contribution in [2.75, 3.05) is 19.0 Å². The first kappa shape index (κ1) is 26.9. The molecule has 33 heavy (non-hydrogen) atoms. The average Bonchev–Trinajstić information content (AvgIpc) is 2.88. The van der Waals surface area contributed by atoms with Crippen molar-refractivity contribution in [2.24, 2.45) is 0 Å². The molecule has 184 valence electrons. The second-order valence-electron chi connectivity index (χ2n) is 8.03. The van der Waals surface area contributed by atoms with Crippen LogP contribution in [0.3, 0.4) is 0 Å². The minimum atomic E-state index is -4.56. The molecule has 1 aliphatic heterocycles. The van der Waals surface area contributed by atoms with Gasteiger partial charge in [-0.25, -0.2) is 0 Å². The van der Waals surface area contributed by atoms with Crippen molar-refractivity contribution in [3.63, 3.8) is 0 Å². The van der Waals surface area contributed by atoms with Crippen molar-refractivity contribution in [2.45, 2.75) is 77.6 Å². The lowest BCUT2D eigenvalue weighted by Gasteiger charge is -2.19. The summed E-state index contributed by atoms with van der Waals surface area (Å²) in [5.74, 6) is 0.188. The van der Waals surface area contributed by atoms with Crippen LogP contribution in [0.5, 0.6) is 5.75 Å². The fourth-order valence-corrected chi connectivity index (χ4v) is 3.91. The number of aliphatic hydroxyl groups is 1. The summed E-state index contributed by atoms with van der Waals surface area (Å²) in [6.07, 6.45) is 2.26. The fourth-order valence-electron chi connectivity index (χ4n) is 3.91. The molecule has 2 aromatic rings. The molecule has 3 N–H and O–H groups in total. The van der Waals surface area contributed by atoms with E-state index in [0.29, 0.717) is 31.0 Å². The summed E-state index contributed by atoms with van der Waals surface area (Å²) in [5.41, 5.74) is 0.867. The van der Waals surface area contributed by atoms with Crippen molar-refractivity contribution < 1.29 is 28.1 Å². The molecular weight excluding hydrogens is 435 g/mol. The van der Waals surface area contributed by atoms with E-state index in [9.17, 15) is 18.3 Å². The second-order valence-corrected chi connectivity index (χ2v) is 8.03. The number of nitrogens with one attached hydrogen (secondary N) is 1. The lowest BCUT2D eigenvalue weighted by Crippen LogP contribution is -2.19. The van der Waals surface area contributed by atoms with Crippen molar-refractivity contribution in [1.82, 2.24) is 10.2 Å². The number of hydrogen-bond acceptors (Lipinski definition) is 6. The van der Waals surface area contributed by atoms with Crippen LogP contribution in [0, 0.1) is 0 Å². The highest BCUT2D eigenvalue weighted by Gasteiger charge is 2.33. The van der Waals surface area contributed by atoms with Gasteiger partial charge < -0.3 is 20.3 Å². The zero-order chi connectivity index (χ0) is 24.4. The molecule has 0 saturated heterocycles. The van der Waals surface area contributed by atoms with E-state index < -0.39 is 17.5 Å². The highest BCUT2D eigenvalue weighted by atomic mass is 19.4. The number of aromatic nitrogens is 2. The van der Waals surface area contributed by atoms with Crippen LogP contribution in [0.25, 0.3) is 11.3 Å². The van der Waals surface area contributed by atoms with E-state index in [1.54, 1.807) is 0 Å². The highest BCUT2D eigenvalue weighted by molar-refractivity contribution is 5.74. The molecule has 0 fully saturated rings. The van der Waals surface area contributed by atoms with E-state index in [2.05, 4.69) is 29.4 Å². The molecule has 0 spiro atoms. The Hall–Kier alpha value is -2.39. The van der Waals surface area contributed by atoms with Crippen molar-refractivity contribution in [3.05, 3.63) is 34.9 Å². The molecule has 1 aromatic carbocycles. The fraction of sp³-hybridized carbons (Fsp3) is 0.583. The Morgan fingerprint density at radius 3 is 2.52 bits per heavy atom. The minimum absolute atomic E-state index is 0.0245. The number of aromatic hydroxyl groups is 1. The quantitative estimate of drug-likeness (QED) is 0.450. The molecule has 6 nitrogen and oxygen atoms in total. The molecule has 1 atom stereocenters. The third-order valence-electron chi connectivity index (χ3n) is 5.63. The first-order chi connectivity index (χ1) is 15.8. The molecule has 0 unspecified atom stereocenters. The monoisotopic (exact) mass is 469 g/mol. The smallest absolute Gasteiger partial charge is 0.416 e. The van der Waals surface area contributed by atoms with E-state index in [1.807, 2.05) is 6.07 Å². The number of rotatable bonds is 7. The average molecular weight is 470 g/mol. The number of benzene rings is 1. The van der Waals surface area contributed by atoms with Gasteiger partial charge in [-0.15, -0.1) is 10.2 Å². The summed E-state index contributed by atoms with van der Waals surface area (Å²) >= 11 is 0. The maximum absolute atomic E-state index is 13.2. The molecule has 3 rings (SSSR count). The lowest BCUT2D eigenvalue weighted by molar-refractivity contribution is -0.137. The van der Waals surface area contributed by atoms with Gasteiger partial charge in [0, 0.05) is 25.3 Å². The Morgan fingerprint density at radius 2 is 1.85 bits per heavy atom. The summed E-state index contributed by atoms with van der Waals surface area (Å²) in [4.78, 5) is 0. The van der Waals surface area contributed by atoms with Crippen LogP contribution in [0.15, 0.2) is 18.2 Å². The highest BCUT2D eigenvalue weighted by Crippen LogP contribution is 2.40. The Balaban J connectivity index is 0.00000187. The van der Waals surface area contributed by atoms with Crippen molar-refractivity contribution in [3.8, 4) is 17.0 Å². The number of fused-ring (bicyclic) bond motifs is 3. The first-order valence-electron chi connectivity index (χ1n) is 11.4. The zero-order valence-corrected chi connectivity index (χ0v) is 19.5. The number of ether oxygens (including phenoxy) is 1. The SMILES string of the molecule is CCCCC[C@H](CC)Nc1cc2c(nn1)-c1c(O)cc(C(F)(F)F)cc1COCCC2.CO. The van der Waals surface area contributed by atoms with Gasteiger partial charge in [-0.2, -0.15) is 13.2 Å². The molecular formula is C24H34F3N3O3. The van der Waals surface area contributed by atoms with Crippen LogP contribution in [-0.4, -0.2) is 40.2 Å². The molecule has 9 heteroatoms. The predicted octanol–water partition coefficient (Wildman–Crippen LogP) is 5.71. The normalized spacial score (nSPS) is 14.5. The molecule has 0 radical (unpaired) electrons. The van der Waals surface area contributed by atoms with Gasteiger partial charge >= 0.3 is 6.18 Å². The first-order valence-corrected chi connectivity index (χ1v) is 11.4. The van der Waals surface area contributed by atoms with E-state index >= 15 is 0 Å². The summed E-state index contributed by atoms with van der Waals surface area (Å²) in [6, 6.07) is 3.96. The predicted molar refractivity (Wildman–Crippen MR) is 122 cm³/mol. The molecule has 0 saturated carbocycles. The van der Waals surface area contributed by atoms with Gasteiger partial charge in [0.15, 0.2) is 0 Å². The molecule has 0 aliphatic carbocycles. The number of alkyl halides is 3. The number of aryl methyl sites for hydroxylation is 1. The van der Waals surface area contributed by atoms with Crippen LogP contribution in [0.1, 0.15) is 69.1 Å². The molecule has 1 aromatic heterocycles. The van der Waals surface area contributed by atoms with Crippen LogP contribution in [-0.2, 0) is 23.9 Å². The number of aliphatic hydroxyl groups excluding tert-OH is 1. The Kier molecular flexibility index (Phi) is 10.4. The third kappa shape index (κ3) is 7.30. The summed E-state index contributed by atoms with van der Waals surface area (Å²) in [6.45, 7) is 4.68. The van der Waals surface area contributed by atoms with Crippen molar-refractivity contribution >= 4 is 5.82 Å². The molecule has 0 amide bonds. The van der Waals surface area contributed by atoms with E-state index in [-0.39, 0.29) is 23.8 Å². The number of phenols is 1. The standard InChI is InChI=1S/C23H30F3N3O2.CH4O/c1-3-5-6-9-18(4-2)27-20-12-15-8-7-10-31-14-16-11-17(23(24,25)26)13-19(30)21(16)22(15)29-28-20;1-2/h11-13,18,30H,3-10,14H2,1-2H3,(H,27,28);2H,1H3/t18-;/m0./s1. The van der Waals surface area contributed by atoms with Gasteiger partial charge in [-0.3, -0.25) is 0 Å². The minimum Gasteiger partial charge on any atom is -0.507 e. The van der Waals surface area contributed by atoms with Gasteiger partial charge in [0.1, 0.15) is 17.3 Å². The van der Waals surface area contributed by atoms with Crippen molar-refractivity contribution in [1.29, 1.82) is 0 Å². The lowest BCUT2D eigenvalue weighted by atomic mass is 9.96. The number of phenolic OH excluding ortho intramolecular Hbond substituents is 1. The topological polar surface area (TPSA) is 87.5 Å². The number of nitrogens with zero attached hydrogens (tertiary/aromatic N) is 2. The number of unbranched alkanes of at least 4 members (excludes halogenated alkanes) is 2. The number of hydrogen-bond donors (Lipinski definition) is 3. The van der Waals surface area contributed by atoms with Crippen LogP contribution in [0.2, 0.25) is 0 Å². The Bertz CT molecular complexity index is 891. The largest absolute Gasteiger partial charge is 0.507 e. The maximum atomic E-state index is 13.2. The number of halogens is 3. The molecule has 2 heterocycles. The third-order valence-corrected chi connectivity index (χ3v) is 5.63. The van der Waals surface area contributed by atoms with E-state index in [4.69, 9.17) is 9.84 Å². The van der Waals surface area contributed by atoms with Gasteiger partial charge in [0.2, 0.25) is 0 Å². The van der Waals surface area contributed by atoms with Gasteiger partial charge in [0.25, 0.3) is 0 Å². The Morgan fingerprint density at radius 1 is 1.09 bits per heavy atom. The summed E-state index contributed by atoms with van der Waals surface area (Å²) < 4.78 is 45.2. The number of anilines is 1. The van der Waals surface area contributed by atoms with Gasteiger partial charge in [0.05, 0.1) is 12.2 Å². The van der Waals surface area contributed by atoms with E-state index in [1.165, 1.54) is 6.42 Å². The molecule has 1 aliphatic rings. The second kappa shape index (κ2) is 12.7. The summed E-state index contributed by atoms with van der Waals surface area (Å²) in [5, 5.41) is 29.5. The van der Waals surface area contributed by atoms with Crippen LogP contribution >= 0.6 is 0 Å². The van der Waals surface area contributed by atoms with Crippen LogP contribution < -0.4 is 5.32 Å². The van der Waals surface area contributed by atoms with E-state index in [0.717, 1.165) is 50.5 Å². The van der Waals surface area contributed by atoms with Crippen LogP contribution in [0.4, 0.5) is 19.0 Å². The van der Waals surface area contributed by atoms with Gasteiger partial charge in [-0.05, 0) is 55.0 Å². The Labute approximate surface area is 193 Å². The maximum Gasteiger partial charge on any atom is 0.416 e.